The fourth-order valence-electron chi connectivity index (χ4n) is 2.81. The van der Waals surface area contributed by atoms with E-state index in [0.717, 1.165) is 5.56 Å². The van der Waals surface area contributed by atoms with Crippen molar-refractivity contribution in [2.75, 3.05) is 18.9 Å². The van der Waals surface area contributed by atoms with Crippen LogP contribution in [0.4, 0.5) is 5.82 Å². The summed E-state index contributed by atoms with van der Waals surface area (Å²) in [5.41, 5.74) is 2.09. The number of aryl methyl sites for hydroxylation is 2. The molecular weight excluding hydrogens is 386 g/mol. The molecule has 0 saturated carbocycles. The Balaban J connectivity index is 1.49. The highest BCUT2D eigenvalue weighted by molar-refractivity contribution is 5.93. The molecular formula is C21H25N5O4. The Labute approximate surface area is 174 Å². The van der Waals surface area contributed by atoms with Crippen LogP contribution in [0.25, 0.3) is 11.4 Å². The summed E-state index contributed by atoms with van der Waals surface area (Å²) in [4.78, 5) is 30.0. The van der Waals surface area contributed by atoms with E-state index in [0.29, 0.717) is 35.6 Å². The second kappa shape index (κ2) is 9.34. The number of carbonyl (C=O) groups is 2. The van der Waals surface area contributed by atoms with E-state index < -0.39 is 0 Å². The fraction of sp³-hybridized carbons (Fsp3) is 0.381. The van der Waals surface area contributed by atoms with Crippen LogP contribution >= 0.6 is 0 Å². The van der Waals surface area contributed by atoms with Gasteiger partial charge in [0.1, 0.15) is 5.76 Å². The summed E-state index contributed by atoms with van der Waals surface area (Å²) in [7, 11) is 1.56. The van der Waals surface area contributed by atoms with Crippen molar-refractivity contribution in [2.24, 2.45) is 0 Å². The third kappa shape index (κ3) is 5.53. The topological polar surface area (TPSA) is 114 Å². The van der Waals surface area contributed by atoms with Crippen molar-refractivity contribution < 1.29 is 18.6 Å². The van der Waals surface area contributed by atoms with Gasteiger partial charge in [0.25, 0.3) is 0 Å². The Bertz CT molecular complexity index is 1010. The third-order valence-corrected chi connectivity index (χ3v) is 4.56. The minimum atomic E-state index is -0.357. The number of nitrogens with one attached hydrogen (secondary N) is 1. The van der Waals surface area contributed by atoms with Gasteiger partial charge in [-0.3, -0.25) is 9.59 Å². The van der Waals surface area contributed by atoms with E-state index in [1.54, 1.807) is 20.0 Å². The van der Waals surface area contributed by atoms with E-state index in [1.807, 2.05) is 24.3 Å². The standard InChI is InChI=1S/C21H25N5O4/c1-13(2)15-5-7-16(8-6-15)21-23-19(30-25-21)9-10-20(28)26(4)12-18(27)22-17-11-14(3)29-24-17/h5-8,11,13H,9-10,12H2,1-4H3,(H,22,24,27). The Hall–Kier alpha value is -3.49. The van der Waals surface area contributed by atoms with E-state index in [2.05, 4.69) is 34.5 Å². The van der Waals surface area contributed by atoms with E-state index in [1.165, 1.54) is 10.5 Å². The van der Waals surface area contributed by atoms with Gasteiger partial charge in [-0.15, -0.1) is 0 Å². The first kappa shape index (κ1) is 21.2. The molecule has 1 aromatic carbocycles. The normalized spacial score (nSPS) is 11.0. The van der Waals surface area contributed by atoms with Crippen molar-refractivity contribution in [1.29, 1.82) is 0 Å². The zero-order chi connectivity index (χ0) is 21.7. The monoisotopic (exact) mass is 411 g/mol. The van der Waals surface area contributed by atoms with E-state index in [9.17, 15) is 9.59 Å². The number of hydrogen-bond donors (Lipinski definition) is 1. The van der Waals surface area contributed by atoms with Gasteiger partial charge in [0.2, 0.25) is 23.5 Å². The number of rotatable bonds is 8. The molecule has 3 aromatic rings. The first-order valence-electron chi connectivity index (χ1n) is 9.72. The van der Waals surface area contributed by atoms with Gasteiger partial charge in [-0.2, -0.15) is 4.98 Å². The summed E-state index contributed by atoms with van der Waals surface area (Å²) < 4.78 is 10.1. The first-order chi connectivity index (χ1) is 14.3. The summed E-state index contributed by atoms with van der Waals surface area (Å²) in [6.07, 6.45) is 0.450. The van der Waals surface area contributed by atoms with Crippen LogP contribution in [0.15, 0.2) is 39.4 Å². The number of likely N-dealkylation sites (N-methyl/N-ethyl adjacent to an activating group) is 1. The minimum absolute atomic E-state index is 0.0952. The van der Waals surface area contributed by atoms with Gasteiger partial charge in [-0.1, -0.05) is 48.4 Å². The number of aromatic nitrogens is 3. The van der Waals surface area contributed by atoms with Crippen LogP contribution < -0.4 is 5.32 Å². The zero-order valence-corrected chi connectivity index (χ0v) is 17.5. The highest BCUT2D eigenvalue weighted by atomic mass is 16.5. The minimum Gasteiger partial charge on any atom is -0.360 e. The number of amides is 2. The maximum absolute atomic E-state index is 12.3. The Morgan fingerprint density at radius 1 is 1.13 bits per heavy atom. The molecule has 158 valence electrons. The first-order valence-corrected chi connectivity index (χ1v) is 9.72. The number of benzene rings is 1. The van der Waals surface area contributed by atoms with Crippen LogP contribution in [0.5, 0.6) is 0 Å². The lowest BCUT2D eigenvalue weighted by Gasteiger charge is -2.15. The quantitative estimate of drug-likeness (QED) is 0.605. The van der Waals surface area contributed by atoms with Gasteiger partial charge >= 0.3 is 0 Å². The molecule has 0 aliphatic rings. The number of carbonyl (C=O) groups excluding carboxylic acids is 2. The lowest BCUT2D eigenvalue weighted by molar-refractivity contribution is -0.133. The van der Waals surface area contributed by atoms with Crippen LogP contribution in [0.1, 0.15) is 43.4 Å². The Morgan fingerprint density at radius 2 is 1.87 bits per heavy atom. The highest BCUT2D eigenvalue weighted by Crippen LogP contribution is 2.20. The molecule has 0 fully saturated rings. The van der Waals surface area contributed by atoms with Gasteiger partial charge in [0.05, 0.1) is 6.54 Å². The van der Waals surface area contributed by atoms with Crippen LogP contribution in [0.3, 0.4) is 0 Å². The molecule has 0 saturated heterocycles. The molecule has 0 atom stereocenters. The second-order valence-corrected chi connectivity index (χ2v) is 7.41. The second-order valence-electron chi connectivity index (χ2n) is 7.41. The molecule has 0 aliphatic heterocycles. The van der Waals surface area contributed by atoms with Crippen LogP contribution in [-0.2, 0) is 16.0 Å². The summed E-state index contributed by atoms with van der Waals surface area (Å²) in [5, 5.41) is 10.3. The SMILES string of the molecule is Cc1cc(NC(=O)CN(C)C(=O)CCc2nc(-c3ccc(C(C)C)cc3)no2)no1. The van der Waals surface area contributed by atoms with Crippen molar-refractivity contribution in [3.63, 3.8) is 0 Å². The molecule has 2 amide bonds. The number of nitrogens with zero attached hydrogens (tertiary/aromatic N) is 4. The summed E-state index contributed by atoms with van der Waals surface area (Å²) in [6.45, 7) is 5.90. The molecule has 0 radical (unpaired) electrons. The molecule has 1 N–H and O–H groups in total. The van der Waals surface area contributed by atoms with Crippen molar-refractivity contribution >= 4 is 17.6 Å². The van der Waals surface area contributed by atoms with Gasteiger partial charge in [-0.05, 0) is 18.4 Å². The molecule has 0 spiro atoms. The molecule has 3 rings (SSSR count). The van der Waals surface area contributed by atoms with Gasteiger partial charge < -0.3 is 19.3 Å². The van der Waals surface area contributed by atoms with Gasteiger partial charge in [0.15, 0.2) is 5.82 Å². The molecule has 9 nitrogen and oxygen atoms in total. The highest BCUT2D eigenvalue weighted by Gasteiger charge is 2.16. The molecule has 2 heterocycles. The van der Waals surface area contributed by atoms with Gasteiger partial charge in [-0.25, -0.2) is 0 Å². The average molecular weight is 411 g/mol. The lowest BCUT2D eigenvalue weighted by atomic mass is 10.0. The van der Waals surface area contributed by atoms with E-state index >= 15 is 0 Å². The van der Waals surface area contributed by atoms with E-state index in [-0.39, 0.29) is 24.8 Å². The predicted molar refractivity (Wildman–Crippen MR) is 110 cm³/mol. The fourth-order valence-corrected chi connectivity index (χ4v) is 2.81. The zero-order valence-electron chi connectivity index (χ0n) is 17.5. The maximum Gasteiger partial charge on any atom is 0.245 e. The maximum atomic E-state index is 12.3. The van der Waals surface area contributed by atoms with Crippen molar-refractivity contribution in [3.05, 3.63) is 47.5 Å². The summed E-state index contributed by atoms with van der Waals surface area (Å²) in [6, 6.07) is 9.60. The lowest BCUT2D eigenvalue weighted by Crippen LogP contribution is -2.35. The van der Waals surface area contributed by atoms with Crippen LogP contribution in [-0.4, -0.2) is 45.6 Å². The molecule has 30 heavy (non-hydrogen) atoms. The molecule has 9 heteroatoms. The van der Waals surface area contributed by atoms with E-state index in [4.69, 9.17) is 9.05 Å². The Morgan fingerprint density at radius 3 is 2.50 bits per heavy atom. The summed E-state index contributed by atoms with van der Waals surface area (Å²) in [5.74, 6) is 1.66. The largest absolute Gasteiger partial charge is 0.360 e. The third-order valence-electron chi connectivity index (χ3n) is 4.56. The van der Waals surface area contributed by atoms with Crippen molar-refractivity contribution in [2.45, 2.75) is 39.5 Å². The molecule has 0 aliphatic carbocycles. The molecule has 0 bridgehead atoms. The predicted octanol–water partition coefficient (Wildman–Crippen LogP) is 3.19. The number of anilines is 1. The average Bonchev–Trinajstić information content (AvgIpc) is 3.35. The molecule has 2 aromatic heterocycles. The Kier molecular flexibility index (Phi) is 6.61. The molecule has 0 unspecified atom stereocenters. The van der Waals surface area contributed by atoms with Gasteiger partial charge in [0, 0.05) is 31.5 Å². The van der Waals surface area contributed by atoms with Crippen molar-refractivity contribution in [1.82, 2.24) is 20.2 Å². The summed E-state index contributed by atoms with van der Waals surface area (Å²) >= 11 is 0. The van der Waals surface area contributed by atoms with Crippen LogP contribution in [0, 0.1) is 6.92 Å². The van der Waals surface area contributed by atoms with Crippen molar-refractivity contribution in [3.8, 4) is 11.4 Å². The smallest absolute Gasteiger partial charge is 0.245 e. The van der Waals surface area contributed by atoms with Crippen LogP contribution in [0.2, 0.25) is 0 Å². The number of hydrogen-bond acceptors (Lipinski definition) is 7.